The van der Waals surface area contributed by atoms with Crippen LogP contribution in [0.1, 0.15) is 11.4 Å². The molecule has 4 aromatic rings. The van der Waals surface area contributed by atoms with E-state index < -0.39 is 0 Å². The fourth-order valence-corrected chi connectivity index (χ4v) is 3.04. The van der Waals surface area contributed by atoms with E-state index in [1.807, 2.05) is 38.1 Å². The lowest BCUT2D eigenvalue weighted by atomic mass is 10.2. The highest BCUT2D eigenvalue weighted by Crippen LogP contribution is 2.19. The van der Waals surface area contributed by atoms with Crippen LogP contribution < -0.4 is 5.56 Å². The molecule has 0 atom stereocenters. The molecule has 0 aliphatic carbocycles. The quantitative estimate of drug-likeness (QED) is 0.552. The zero-order valence-corrected chi connectivity index (χ0v) is 14.5. The van der Waals surface area contributed by atoms with Crippen molar-refractivity contribution in [2.75, 3.05) is 0 Å². The highest BCUT2D eigenvalue weighted by molar-refractivity contribution is 6.30. The summed E-state index contributed by atoms with van der Waals surface area (Å²) < 4.78 is 3.26. The summed E-state index contributed by atoms with van der Waals surface area (Å²) in [7, 11) is 0. The molecule has 2 heterocycles. The van der Waals surface area contributed by atoms with Crippen molar-refractivity contribution >= 4 is 22.5 Å². The van der Waals surface area contributed by atoms with Gasteiger partial charge in [-0.1, -0.05) is 23.7 Å². The maximum atomic E-state index is 13.2. The monoisotopic (exact) mass is 350 g/mol. The number of rotatable bonds is 2. The van der Waals surface area contributed by atoms with Crippen LogP contribution in [-0.4, -0.2) is 19.3 Å². The molecule has 0 aliphatic heterocycles. The lowest BCUT2D eigenvalue weighted by molar-refractivity contribution is 0.736. The van der Waals surface area contributed by atoms with Gasteiger partial charge in [0.15, 0.2) is 0 Å². The molecule has 0 unspecified atom stereocenters. The summed E-state index contributed by atoms with van der Waals surface area (Å²) in [5.74, 6) is 0.455. The maximum Gasteiger partial charge on any atom is 0.267 e. The number of hydrogen-bond donors (Lipinski definition) is 0. The van der Waals surface area contributed by atoms with Crippen LogP contribution in [0.5, 0.6) is 0 Å². The average molecular weight is 351 g/mol. The van der Waals surface area contributed by atoms with E-state index in [4.69, 9.17) is 16.6 Å². The second-order valence-corrected chi connectivity index (χ2v) is 6.32. The van der Waals surface area contributed by atoms with E-state index >= 15 is 0 Å². The minimum atomic E-state index is -0.143. The first-order valence-corrected chi connectivity index (χ1v) is 8.24. The number of benzene rings is 2. The van der Waals surface area contributed by atoms with E-state index in [1.54, 1.807) is 39.6 Å². The van der Waals surface area contributed by atoms with Crippen LogP contribution in [0, 0.1) is 13.8 Å². The van der Waals surface area contributed by atoms with Gasteiger partial charge in [-0.3, -0.25) is 4.79 Å². The van der Waals surface area contributed by atoms with E-state index in [2.05, 4.69) is 5.10 Å². The van der Waals surface area contributed by atoms with Gasteiger partial charge in [-0.2, -0.15) is 5.10 Å². The molecule has 5 nitrogen and oxygen atoms in total. The highest BCUT2D eigenvalue weighted by Gasteiger charge is 2.16. The Morgan fingerprint density at radius 3 is 2.40 bits per heavy atom. The molecule has 2 aromatic carbocycles. The van der Waals surface area contributed by atoms with Crippen LogP contribution in [0.2, 0.25) is 5.02 Å². The average Bonchev–Trinajstić information content (AvgIpc) is 2.94. The van der Waals surface area contributed by atoms with E-state index in [9.17, 15) is 4.79 Å². The fourth-order valence-electron chi connectivity index (χ4n) is 2.92. The van der Waals surface area contributed by atoms with Crippen LogP contribution in [-0.2, 0) is 0 Å². The molecule has 2 aromatic heterocycles. The number of hydrogen-bond acceptors (Lipinski definition) is 3. The molecule has 0 spiro atoms. The molecule has 0 amide bonds. The Balaban J connectivity index is 2.13. The number of aromatic nitrogens is 4. The van der Waals surface area contributed by atoms with Crippen molar-refractivity contribution in [1.29, 1.82) is 0 Å². The second kappa shape index (κ2) is 5.86. The minimum absolute atomic E-state index is 0.143. The predicted octanol–water partition coefficient (Wildman–Crippen LogP) is 3.84. The summed E-state index contributed by atoms with van der Waals surface area (Å²) in [6.07, 6.45) is 0. The number of aryl methyl sites for hydroxylation is 2. The zero-order valence-electron chi connectivity index (χ0n) is 13.8. The van der Waals surface area contributed by atoms with Crippen molar-refractivity contribution in [3.63, 3.8) is 0 Å². The molecular weight excluding hydrogens is 336 g/mol. The number of fused-ring (bicyclic) bond motifs is 1. The Morgan fingerprint density at radius 1 is 1.00 bits per heavy atom. The van der Waals surface area contributed by atoms with E-state index in [-0.39, 0.29) is 5.56 Å². The molecule has 0 radical (unpaired) electrons. The fraction of sp³-hybridized carbons (Fsp3) is 0.105. The third-order valence-corrected chi connectivity index (χ3v) is 4.29. The van der Waals surface area contributed by atoms with Crippen LogP contribution >= 0.6 is 11.6 Å². The third kappa shape index (κ3) is 2.62. The van der Waals surface area contributed by atoms with E-state index in [0.717, 1.165) is 11.4 Å². The van der Waals surface area contributed by atoms with Gasteiger partial charge in [0.05, 0.1) is 22.3 Å². The first-order chi connectivity index (χ1) is 12.0. The molecule has 124 valence electrons. The molecule has 4 rings (SSSR count). The van der Waals surface area contributed by atoms with Gasteiger partial charge in [0, 0.05) is 10.7 Å². The predicted molar refractivity (Wildman–Crippen MR) is 98.9 cm³/mol. The van der Waals surface area contributed by atoms with Gasteiger partial charge < -0.3 is 0 Å². The molecular formula is C19H15ClN4O. The Hall–Kier alpha value is -2.92. The van der Waals surface area contributed by atoms with Gasteiger partial charge >= 0.3 is 0 Å². The van der Waals surface area contributed by atoms with Crippen LogP contribution in [0.4, 0.5) is 0 Å². The van der Waals surface area contributed by atoms with Gasteiger partial charge in [-0.25, -0.2) is 14.2 Å². The lowest BCUT2D eigenvalue weighted by Crippen LogP contribution is -2.25. The molecule has 6 heteroatoms. The van der Waals surface area contributed by atoms with E-state index in [0.29, 0.717) is 27.6 Å². The second-order valence-electron chi connectivity index (χ2n) is 5.88. The highest BCUT2D eigenvalue weighted by atomic mass is 35.5. The number of nitrogens with zero attached hydrogens (tertiary/aromatic N) is 4. The van der Waals surface area contributed by atoms with Crippen molar-refractivity contribution in [3.8, 4) is 11.6 Å². The standard InChI is InChI=1S/C19H15ClN4O/c1-12-11-13(2)24(22-12)19-21-17-6-4-3-5-16(17)18(25)23(19)15-9-7-14(20)8-10-15/h3-11H,1-2H3. The van der Waals surface area contributed by atoms with Crippen molar-refractivity contribution in [1.82, 2.24) is 19.3 Å². The summed E-state index contributed by atoms with van der Waals surface area (Å²) in [5, 5.41) is 5.67. The normalized spacial score (nSPS) is 11.2. The minimum Gasteiger partial charge on any atom is -0.268 e. The largest absolute Gasteiger partial charge is 0.268 e. The van der Waals surface area contributed by atoms with E-state index in [1.165, 1.54) is 0 Å². The molecule has 25 heavy (non-hydrogen) atoms. The van der Waals surface area contributed by atoms with Gasteiger partial charge in [0.2, 0.25) is 5.95 Å². The number of halogens is 1. The van der Waals surface area contributed by atoms with Gasteiger partial charge in [0.1, 0.15) is 0 Å². The first kappa shape index (κ1) is 15.6. The Labute approximate surface area is 149 Å². The number of para-hydroxylation sites is 1. The van der Waals surface area contributed by atoms with Crippen molar-refractivity contribution < 1.29 is 0 Å². The first-order valence-electron chi connectivity index (χ1n) is 7.86. The maximum absolute atomic E-state index is 13.2. The summed E-state index contributed by atoms with van der Waals surface area (Å²) >= 11 is 6.00. The van der Waals surface area contributed by atoms with Crippen molar-refractivity contribution in [2.45, 2.75) is 13.8 Å². The Bertz CT molecular complexity index is 1140. The van der Waals surface area contributed by atoms with Gasteiger partial charge in [0.25, 0.3) is 5.56 Å². The topological polar surface area (TPSA) is 52.7 Å². The molecule has 0 aliphatic rings. The van der Waals surface area contributed by atoms with Crippen molar-refractivity contribution in [2.24, 2.45) is 0 Å². The smallest absolute Gasteiger partial charge is 0.267 e. The summed E-state index contributed by atoms with van der Waals surface area (Å²) in [4.78, 5) is 17.9. The van der Waals surface area contributed by atoms with Crippen LogP contribution in [0.15, 0.2) is 59.4 Å². The van der Waals surface area contributed by atoms with Gasteiger partial charge in [-0.15, -0.1) is 0 Å². The van der Waals surface area contributed by atoms with Crippen LogP contribution in [0.3, 0.4) is 0 Å². The SMILES string of the molecule is Cc1cc(C)n(-c2nc3ccccc3c(=O)n2-c2ccc(Cl)cc2)n1. The van der Waals surface area contributed by atoms with Crippen molar-refractivity contribution in [3.05, 3.63) is 81.4 Å². The Morgan fingerprint density at radius 2 is 1.72 bits per heavy atom. The Kier molecular flexibility index (Phi) is 3.66. The lowest BCUT2D eigenvalue weighted by Gasteiger charge is -2.14. The molecule has 0 saturated carbocycles. The summed E-state index contributed by atoms with van der Waals surface area (Å²) in [6.45, 7) is 3.85. The molecule has 0 fully saturated rings. The third-order valence-electron chi connectivity index (χ3n) is 4.04. The zero-order chi connectivity index (χ0) is 17.6. The summed E-state index contributed by atoms with van der Waals surface area (Å²) in [6, 6.07) is 16.4. The summed E-state index contributed by atoms with van der Waals surface area (Å²) in [5.41, 5.74) is 2.95. The van der Waals surface area contributed by atoms with Gasteiger partial charge in [-0.05, 0) is 56.3 Å². The molecule has 0 bridgehead atoms. The molecule has 0 saturated heterocycles. The van der Waals surface area contributed by atoms with Crippen LogP contribution in [0.25, 0.3) is 22.5 Å². The molecule has 0 N–H and O–H groups in total.